The molecule has 0 spiro atoms. The van der Waals surface area contributed by atoms with E-state index in [0.29, 0.717) is 0 Å². The van der Waals surface area contributed by atoms with Gasteiger partial charge in [0.2, 0.25) is 5.95 Å². The lowest BCUT2D eigenvalue weighted by molar-refractivity contribution is -0.0601. The second-order valence-electron chi connectivity index (χ2n) is 10.7. The first-order valence-corrected chi connectivity index (χ1v) is 17.3. The Bertz CT molecular complexity index is 1950. The van der Waals surface area contributed by atoms with E-state index < -0.39 is 83.2 Å². The number of ether oxygens (including phenoxy) is 2. The number of H-pyrrole nitrogens is 1. The molecular weight excluding hydrogens is 656 g/mol. The molecule has 3 saturated heterocycles. The molecule has 0 aromatic carbocycles. The fourth-order valence-corrected chi connectivity index (χ4v) is 7.90. The molecule has 4 aromatic heterocycles. The van der Waals surface area contributed by atoms with Gasteiger partial charge in [0, 0.05) is 6.66 Å². The summed E-state index contributed by atoms with van der Waals surface area (Å²) >= 11 is 0. The highest BCUT2D eigenvalue weighted by Crippen LogP contribution is 2.53. The van der Waals surface area contributed by atoms with Crippen molar-refractivity contribution in [1.82, 2.24) is 44.1 Å². The first-order valence-electron chi connectivity index (χ1n) is 13.7. The van der Waals surface area contributed by atoms with Crippen LogP contribution in [0.1, 0.15) is 12.5 Å². The van der Waals surface area contributed by atoms with Gasteiger partial charge in [0.05, 0.1) is 25.9 Å². The molecule has 0 amide bonds. The van der Waals surface area contributed by atoms with Crippen molar-refractivity contribution in [3.8, 4) is 0 Å². The van der Waals surface area contributed by atoms with Gasteiger partial charge in [-0.3, -0.25) is 37.0 Å². The van der Waals surface area contributed by atoms with Gasteiger partial charge in [0.1, 0.15) is 48.5 Å². The van der Waals surface area contributed by atoms with Gasteiger partial charge in [-0.05, 0) is 7.05 Å². The van der Waals surface area contributed by atoms with E-state index in [4.69, 9.17) is 39.0 Å². The second kappa shape index (κ2) is 11.4. The number of nitrogen functional groups attached to an aromatic ring is 2. The van der Waals surface area contributed by atoms with Crippen molar-refractivity contribution >= 4 is 49.4 Å². The van der Waals surface area contributed by atoms with Gasteiger partial charge in [0.15, 0.2) is 35.1 Å². The molecule has 4 aromatic rings. The minimum absolute atomic E-state index is 0.0132. The number of aromatic nitrogens is 8. The number of imidazole rings is 2. The highest BCUT2D eigenvalue weighted by molar-refractivity contribution is 7.53. The monoisotopic (exact) mass is 685 g/mol. The molecule has 0 aliphatic carbocycles. The number of aromatic amines is 1. The number of nitrogens with zero attached hydrogens (tertiary/aromatic N) is 7. The number of hydrogen-bond acceptors (Lipinski definition) is 18. The summed E-state index contributed by atoms with van der Waals surface area (Å²) in [5.74, 6) is -0.110. The molecule has 0 radical (unpaired) electrons. The van der Waals surface area contributed by atoms with E-state index in [9.17, 15) is 24.1 Å². The fraction of sp³-hybridized carbons (Fsp3) is 0.545. The van der Waals surface area contributed by atoms with Crippen LogP contribution in [0.3, 0.4) is 0 Å². The minimum atomic E-state index is -4.31. The summed E-state index contributed by atoms with van der Waals surface area (Å²) in [6, 6.07) is 0. The molecule has 24 heteroatoms. The Kier molecular flexibility index (Phi) is 7.73. The molecule has 248 valence electrons. The van der Waals surface area contributed by atoms with E-state index in [1.807, 2.05) is 0 Å². The third kappa shape index (κ3) is 5.30. The maximum absolute atomic E-state index is 13.9. The van der Waals surface area contributed by atoms with Gasteiger partial charge in [-0.1, -0.05) is 0 Å². The molecule has 3 aliphatic heterocycles. The van der Waals surface area contributed by atoms with Crippen LogP contribution in [0.15, 0.2) is 23.8 Å². The number of hydrogen-bond donors (Lipinski definition) is 6. The Morgan fingerprint density at radius 1 is 0.913 bits per heavy atom. The van der Waals surface area contributed by atoms with Crippen LogP contribution in [-0.4, -0.2) is 113 Å². The zero-order chi connectivity index (χ0) is 32.5. The average molecular weight is 685 g/mol. The lowest BCUT2D eigenvalue weighted by Crippen LogP contribution is -2.37. The number of nitrogens with two attached hydrogens (primary N) is 2. The standard InChI is InChI=1S/C22H29N11O11P2/c1-25-46(38)40-4-9-14(13(35)20(42-9)32-6-28-10-16(23)26-5-27-17(10)32)43-45(2,37)39-3-8-12(34)15(44-46)21(41-8)33-7-29-11-18(33)30-22(24)31-19(11)36/h5-9,12-15,20-21,34-35H,3-4H2,1-2H3,(H,25,38)(H2,23,26,27)(H3,24,30,31,36)/t8-,9-,12?,13+,14?,15+,20-,21-,45?,46?/m1/s1. The van der Waals surface area contributed by atoms with Crippen molar-refractivity contribution in [2.75, 3.05) is 38.4 Å². The number of nitrogens with one attached hydrogen (secondary N) is 2. The van der Waals surface area contributed by atoms with E-state index in [2.05, 4.69) is 35.0 Å². The van der Waals surface area contributed by atoms with Gasteiger partial charge >= 0.3 is 15.3 Å². The average Bonchev–Trinajstić information content (AvgIpc) is 3.77. The quantitative estimate of drug-likeness (QED) is 0.135. The van der Waals surface area contributed by atoms with Crippen LogP contribution in [0.25, 0.3) is 22.3 Å². The Morgan fingerprint density at radius 2 is 1.61 bits per heavy atom. The van der Waals surface area contributed by atoms with Crippen LogP contribution in [0, 0.1) is 0 Å². The zero-order valence-corrected chi connectivity index (χ0v) is 25.8. The smallest absolute Gasteiger partial charge is 0.387 e. The van der Waals surface area contributed by atoms with Gasteiger partial charge in [-0.2, -0.15) is 4.98 Å². The van der Waals surface area contributed by atoms with Gasteiger partial charge in [-0.15, -0.1) is 0 Å². The predicted octanol–water partition coefficient (Wildman–Crippen LogP) is -1.39. The molecule has 4 unspecified atom stereocenters. The molecule has 7 heterocycles. The maximum Gasteiger partial charge on any atom is 0.405 e. The first kappa shape index (κ1) is 31.2. The largest absolute Gasteiger partial charge is 0.405 e. The van der Waals surface area contributed by atoms with Crippen LogP contribution in [0.4, 0.5) is 11.8 Å². The van der Waals surface area contributed by atoms with Crippen molar-refractivity contribution in [2.24, 2.45) is 0 Å². The van der Waals surface area contributed by atoms with Crippen molar-refractivity contribution in [3.05, 3.63) is 29.3 Å². The summed E-state index contributed by atoms with van der Waals surface area (Å²) in [5, 5.41) is 25.1. The lowest BCUT2D eigenvalue weighted by atomic mass is 10.1. The predicted molar refractivity (Wildman–Crippen MR) is 154 cm³/mol. The molecule has 3 aliphatic rings. The topological polar surface area (TPSA) is 301 Å². The molecule has 46 heavy (non-hydrogen) atoms. The Balaban J connectivity index is 1.22. The summed E-state index contributed by atoms with van der Waals surface area (Å²) < 4.78 is 65.3. The summed E-state index contributed by atoms with van der Waals surface area (Å²) in [5.41, 5.74) is 11.4. The van der Waals surface area contributed by atoms with Gasteiger partial charge in [0.25, 0.3) is 5.56 Å². The van der Waals surface area contributed by atoms with Crippen LogP contribution in [0.5, 0.6) is 0 Å². The van der Waals surface area contributed by atoms with Crippen molar-refractivity contribution in [3.63, 3.8) is 0 Å². The van der Waals surface area contributed by atoms with Crippen LogP contribution < -0.4 is 22.1 Å². The zero-order valence-electron chi connectivity index (χ0n) is 24.0. The van der Waals surface area contributed by atoms with E-state index in [1.165, 1.54) is 41.8 Å². The number of anilines is 2. The minimum Gasteiger partial charge on any atom is -0.387 e. The normalized spacial score (nSPS) is 37.1. The molecular formula is C22H29N11O11P2. The molecule has 0 saturated carbocycles. The van der Waals surface area contributed by atoms with Crippen molar-refractivity contribution < 1.29 is 46.9 Å². The van der Waals surface area contributed by atoms with E-state index in [-0.39, 0.29) is 34.1 Å². The van der Waals surface area contributed by atoms with Gasteiger partial charge in [-0.25, -0.2) is 29.6 Å². The molecule has 3 fully saturated rings. The third-order valence-electron chi connectivity index (χ3n) is 7.74. The number of fused-ring (bicyclic) bond motifs is 5. The van der Waals surface area contributed by atoms with E-state index in [0.717, 1.165) is 0 Å². The third-order valence-corrected chi connectivity index (χ3v) is 10.5. The van der Waals surface area contributed by atoms with Crippen molar-refractivity contribution in [2.45, 2.75) is 49.1 Å². The Hall–Kier alpha value is -3.40. The molecule has 8 N–H and O–H groups in total. The summed E-state index contributed by atoms with van der Waals surface area (Å²) in [6.45, 7) is 0.136. The van der Waals surface area contributed by atoms with E-state index in [1.54, 1.807) is 0 Å². The summed E-state index contributed by atoms with van der Waals surface area (Å²) in [6.07, 6.45) is -6.95. The molecule has 10 atom stereocenters. The highest BCUT2D eigenvalue weighted by Gasteiger charge is 2.53. The van der Waals surface area contributed by atoms with Crippen LogP contribution in [0.2, 0.25) is 0 Å². The first-order chi connectivity index (χ1) is 21.9. The fourth-order valence-electron chi connectivity index (χ4n) is 5.53. The van der Waals surface area contributed by atoms with Crippen molar-refractivity contribution in [1.29, 1.82) is 0 Å². The Labute approximate surface area is 257 Å². The summed E-state index contributed by atoms with van der Waals surface area (Å²) in [4.78, 5) is 35.1. The maximum atomic E-state index is 13.9. The highest BCUT2D eigenvalue weighted by atomic mass is 31.2. The summed E-state index contributed by atoms with van der Waals surface area (Å²) in [7, 11) is -7.03. The van der Waals surface area contributed by atoms with Crippen LogP contribution in [-0.2, 0) is 36.7 Å². The molecule has 22 nitrogen and oxygen atoms in total. The lowest BCUT2D eigenvalue weighted by Gasteiger charge is -2.28. The van der Waals surface area contributed by atoms with Crippen LogP contribution >= 0.6 is 15.3 Å². The number of aliphatic hydroxyl groups excluding tert-OH is 2. The molecule has 7 rings (SSSR count). The number of aliphatic hydroxyl groups is 2. The van der Waals surface area contributed by atoms with E-state index >= 15 is 0 Å². The van der Waals surface area contributed by atoms with Gasteiger partial charge < -0.3 is 35.7 Å². The Morgan fingerprint density at radius 3 is 2.37 bits per heavy atom. The SMILES string of the molecule is CNP1(=O)OC[C@H]2O[C@@H](n3cnc4c(N)ncnc43)[C@@H](O)C2OP(C)(=O)OC[C@H]2O[C@@H](n3cnc4c(=O)[nH]c(N)nc43)[C@@H](O1)C2O. The second-order valence-corrected chi connectivity index (χ2v) is 14.6. The number of rotatable bonds is 3. The molecule has 2 bridgehead atoms.